The van der Waals surface area contributed by atoms with E-state index in [0.717, 1.165) is 140 Å². The van der Waals surface area contributed by atoms with E-state index in [9.17, 15) is 14.0 Å². The number of hydrogen-bond donors (Lipinski definition) is 3. The zero-order chi connectivity index (χ0) is 55.8. The molecule has 420 valence electrons. The molecule has 0 aromatic carbocycles. The fourth-order valence-electron chi connectivity index (χ4n) is 8.25. The third-order valence-electron chi connectivity index (χ3n) is 13.3. The van der Waals surface area contributed by atoms with Gasteiger partial charge in [-0.25, -0.2) is 9.13 Å². The fraction of sp³-hybridized carbons (Fsp3) is 0.600. The van der Waals surface area contributed by atoms with Crippen LogP contribution in [0.5, 0.6) is 0 Å². The molecule has 0 aromatic rings. The first-order valence-electron chi connectivity index (χ1n) is 28.1. The summed E-state index contributed by atoms with van der Waals surface area (Å²) in [6, 6.07) is 0. The Morgan fingerprint density at radius 1 is 0.284 bits per heavy atom. The van der Waals surface area contributed by atoms with Gasteiger partial charge in [0.25, 0.3) is 0 Å². The van der Waals surface area contributed by atoms with Crippen molar-refractivity contribution < 1.29 is 32.6 Å². The second kappa shape index (κ2) is 42.9. The number of allylic oxidation sites excluding steroid dienone is 25. The minimum atomic E-state index is -5.11. The number of phosphoric acid groups is 2. The average Bonchev–Trinajstić information content (AvgIpc) is 3.28. The van der Waals surface area contributed by atoms with Gasteiger partial charge in [0.2, 0.25) is 0 Å². The van der Waals surface area contributed by atoms with Gasteiger partial charge in [-0.3, -0.25) is 4.52 Å². The third kappa shape index (κ3) is 47.3. The van der Waals surface area contributed by atoms with Crippen LogP contribution in [0.15, 0.2) is 151 Å². The highest BCUT2D eigenvalue weighted by atomic mass is 31.3. The molecular weight excluding hydrogens is 955 g/mol. The predicted octanol–water partition coefficient (Wildman–Crippen LogP) is 21.9. The summed E-state index contributed by atoms with van der Waals surface area (Å²) < 4.78 is 30.7. The Balaban J connectivity index is 4.33. The van der Waals surface area contributed by atoms with E-state index in [1.165, 1.54) is 86.1 Å². The van der Waals surface area contributed by atoms with Crippen molar-refractivity contribution in [1.29, 1.82) is 0 Å². The quantitative estimate of drug-likeness (QED) is 0.0413. The minimum absolute atomic E-state index is 0.275. The average molecular weight is 1060 g/mol. The van der Waals surface area contributed by atoms with Crippen LogP contribution in [0.3, 0.4) is 0 Å². The van der Waals surface area contributed by atoms with Crippen LogP contribution in [0, 0.1) is 0 Å². The molecule has 0 saturated carbocycles. The molecule has 0 aromatic heterocycles. The maximum Gasteiger partial charge on any atom is 0.481 e. The number of rotatable bonds is 41. The maximum absolute atomic E-state index is 11.5. The fourth-order valence-corrected chi connectivity index (χ4v) is 9.78. The van der Waals surface area contributed by atoms with E-state index >= 15 is 0 Å². The normalized spacial score (nSPS) is 15.9. The molecule has 7 nitrogen and oxygen atoms in total. The van der Waals surface area contributed by atoms with E-state index in [1.54, 1.807) is 6.08 Å². The van der Waals surface area contributed by atoms with E-state index in [-0.39, 0.29) is 6.61 Å². The summed E-state index contributed by atoms with van der Waals surface area (Å²) >= 11 is 0. The molecule has 0 aliphatic rings. The second-order valence-electron chi connectivity index (χ2n) is 21.7. The van der Waals surface area contributed by atoms with Crippen molar-refractivity contribution in [1.82, 2.24) is 0 Å². The van der Waals surface area contributed by atoms with Gasteiger partial charge in [-0.15, -0.1) is 0 Å². The highest BCUT2D eigenvalue weighted by Crippen LogP contribution is 2.57. The van der Waals surface area contributed by atoms with Crippen LogP contribution in [-0.2, 0) is 18.0 Å². The molecule has 3 N–H and O–H groups in total. The highest BCUT2D eigenvalue weighted by molar-refractivity contribution is 7.60. The van der Waals surface area contributed by atoms with Gasteiger partial charge in [0, 0.05) is 0 Å². The van der Waals surface area contributed by atoms with Gasteiger partial charge in [0.1, 0.15) is 0 Å². The van der Waals surface area contributed by atoms with E-state index in [1.807, 2.05) is 6.92 Å². The molecule has 1 unspecified atom stereocenters. The summed E-state index contributed by atoms with van der Waals surface area (Å²) in [5, 5.41) is 0. The smallest absolute Gasteiger partial charge is 0.302 e. The lowest BCUT2D eigenvalue weighted by Gasteiger charge is -2.11. The first-order chi connectivity index (χ1) is 34.8. The van der Waals surface area contributed by atoms with Crippen LogP contribution < -0.4 is 0 Å². The molecule has 0 saturated heterocycles. The van der Waals surface area contributed by atoms with Gasteiger partial charge >= 0.3 is 15.6 Å². The summed E-state index contributed by atoms with van der Waals surface area (Å²) in [4.78, 5) is 26.7. The van der Waals surface area contributed by atoms with Gasteiger partial charge in [0.15, 0.2) is 0 Å². The zero-order valence-corrected chi connectivity index (χ0v) is 51.3. The molecule has 0 spiro atoms. The number of phosphoric ester groups is 1. The van der Waals surface area contributed by atoms with E-state index < -0.39 is 15.6 Å². The Hall–Kier alpha value is -3.12. The van der Waals surface area contributed by atoms with Crippen molar-refractivity contribution >= 4 is 15.6 Å². The van der Waals surface area contributed by atoms with E-state index in [0.29, 0.717) is 0 Å². The molecule has 74 heavy (non-hydrogen) atoms. The van der Waals surface area contributed by atoms with Crippen LogP contribution in [-0.4, -0.2) is 21.3 Å². The summed E-state index contributed by atoms with van der Waals surface area (Å²) in [6.07, 6.45) is 56.8. The van der Waals surface area contributed by atoms with Crippen LogP contribution in [0.25, 0.3) is 0 Å². The SMILES string of the molecule is CC(C)=CCC/C(C)=C/CC/C(C)=C/CC/C(C)=C/CC/C(C)=C/CC/C(C)=C/CC/C(C)=C/CC/C(C)=C/CC/C(C)=C/CC/C(C)=C/CC/C(C)=C/CC/C(C)=C/CC/C(C)=C/COP(=O)(O)OP(=O)(O)O. The van der Waals surface area contributed by atoms with Crippen molar-refractivity contribution in [3.8, 4) is 0 Å². The lowest BCUT2D eigenvalue weighted by molar-refractivity contribution is 0.191. The molecular formula is C65H108O7P2. The summed E-state index contributed by atoms with van der Waals surface area (Å²) in [6.45, 7) is 30.9. The summed E-state index contributed by atoms with van der Waals surface area (Å²) in [5.74, 6) is 0. The Kier molecular flexibility index (Phi) is 41.1. The Morgan fingerprint density at radius 3 is 0.608 bits per heavy atom. The molecule has 9 heteroatoms. The first-order valence-corrected chi connectivity index (χ1v) is 31.1. The van der Waals surface area contributed by atoms with Crippen molar-refractivity contribution in [2.75, 3.05) is 6.61 Å². The van der Waals surface area contributed by atoms with E-state index in [4.69, 9.17) is 9.79 Å². The van der Waals surface area contributed by atoms with Gasteiger partial charge in [-0.05, 0) is 251 Å². The molecule has 1 atom stereocenters. The monoisotopic (exact) mass is 1060 g/mol. The Bertz CT molecular complexity index is 2130. The van der Waals surface area contributed by atoms with Crippen molar-refractivity contribution in [2.45, 2.75) is 251 Å². The molecule has 0 rings (SSSR count). The standard InChI is InChI=1S/C65H108O7P2/c1-53(2)27-15-28-54(3)29-16-30-55(4)31-17-32-56(5)33-18-34-57(6)35-19-36-58(7)37-20-38-59(8)39-21-40-60(9)41-22-42-61(10)43-23-44-62(11)45-24-46-63(12)47-25-48-64(13)49-26-50-65(14)51-52-71-74(69,70)72-73(66,67)68/h27,29,31,33,35,37,39,41,43,45,47,49,51H,15-26,28,30,32,34,36,38,40,42,44,46,48,50,52H2,1-14H3,(H,69,70)(H2,66,67,68)/b54-29+,55-31+,56-33+,57-35+,58-37+,59-39+,60-41+,61-43+,62-45+,63-47+,64-49+,65-51+. The third-order valence-corrected chi connectivity index (χ3v) is 15.5. The van der Waals surface area contributed by atoms with Crippen LogP contribution in [0.2, 0.25) is 0 Å². The molecule has 0 aliphatic carbocycles. The lowest BCUT2D eigenvalue weighted by Crippen LogP contribution is -1.94. The predicted molar refractivity (Wildman–Crippen MR) is 324 cm³/mol. The van der Waals surface area contributed by atoms with Crippen molar-refractivity contribution in [3.63, 3.8) is 0 Å². The molecule has 0 bridgehead atoms. The maximum atomic E-state index is 11.5. The van der Waals surface area contributed by atoms with Crippen LogP contribution in [0.1, 0.15) is 251 Å². The zero-order valence-electron chi connectivity index (χ0n) is 49.6. The molecule has 0 fully saturated rings. The second-order valence-corrected chi connectivity index (χ2v) is 24.5. The molecule has 0 aliphatic heterocycles. The Labute approximate surface area is 455 Å². The summed E-state index contributed by atoms with van der Waals surface area (Å²) in [5.41, 5.74) is 18.6. The molecule has 0 radical (unpaired) electrons. The van der Waals surface area contributed by atoms with Gasteiger partial charge in [0.05, 0.1) is 6.61 Å². The highest BCUT2D eigenvalue weighted by Gasteiger charge is 2.31. The largest absolute Gasteiger partial charge is 0.481 e. The molecule has 0 amide bonds. The minimum Gasteiger partial charge on any atom is -0.302 e. The van der Waals surface area contributed by atoms with E-state index in [2.05, 4.69) is 172 Å². The van der Waals surface area contributed by atoms with Crippen molar-refractivity contribution in [2.24, 2.45) is 0 Å². The van der Waals surface area contributed by atoms with Gasteiger partial charge < -0.3 is 14.7 Å². The van der Waals surface area contributed by atoms with Gasteiger partial charge in [-0.1, -0.05) is 151 Å². The Morgan fingerprint density at radius 2 is 0.446 bits per heavy atom. The first kappa shape index (κ1) is 70.9. The topological polar surface area (TPSA) is 113 Å². The number of hydrogen-bond acceptors (Lipinski definition) is 4. The van der Waals surface area contributed by atoms with Gasteiger partial charge in [-0.2, -0.15) is 4.31 Å². The summed E-state index contributed by atoms with van der Waals surface area (Å²) in [7, 11) is -9.93. The lowest BCUT2D eigenvalue weighted by atomic mass is 10.0. The van der Waals surface area contributed by atoms with Crippen molar-refractivity contribution in [3.05, 3.63) is 151 Å². The molecule has 0 heterocycles. The van der Waals surface area contributed by atoms with Crippen LogP contribution in [0.4, 0.5) is 0 Å². The van der Waals surface area contributed by atoms with Crippen LogP contribution >= 0.6 is 15.6 Å².